The van der Waals surface area contributed by atoms with Crippen LogP contribution in [0.5, 0.6) is 0 Å². The van der Waals surface area contributed by atoms with Crippen molar-refractivity contribution in [3.8, 4) is 0 Å². The lowest BCUT2D eigenvalue weighted by Gasteiger charge is -2.15. The number of carbonyl (C=O) groups excluding carboxylic acids is 1. The van der Waals surface area contributed by atoms with Gasteiger partial charge in [0.2, 0.25) is 5.91 Å². The number of benzene rings is 1. The van der Waals surface area contributed by atoms with E-state index in [-0.39, 0.29) is 5.91 Å². The summed E-state index contributed by atoms with van der Waals surface area (Å²) in [7, 11) is 0. The second-order valence-corrected chi connectivity index (χ2v) is 5.40. The van der Waals surface area contributed by atoms with E-state index >= 15 is 0 Å². The molecule has 1 aliphatic heterocycles. The van der Waals surface area contributed by atoms with Gasteiger partial charge in [-0.25, -0.2) is 0 Å². The van der Waals surface area contributed by atoms with E-state index < -0.39 is 0 Å². The number of nitrogens with zero attached hydrogens (tertiary/aromatic N) is 1. The van der Waals surface area contributed by atoms with Crippen molar-refractivity contribution in [3.63, 3.8) is 0 Å². The molecule has 3 nitrogen and oxygen atoms in total. The smallest absolute Gasteiger partial charge is 0.223 e. The van der Waals surface area contributed by atoms with Crippen molar-refractivity contribution in [1.29, 1.82) is 0 Å². The summed E-state index contributed by atoms with van der Waals surface area (Å²) in [5.41, 5.74) is 1.27. The molecule has 1 heterocycles. The molecule has 2 rings (SSSR count). The van der Waals surface area contributed by atoms with Gasteiger partial charge in [0.05, 0.1) is 0 Å². The Balaban J connectivity index is 1.56. The van der Waals surface area contributed by atoms with Crippen LogP contribution in [-0.4, -0.2) is 37.0 Å². The summed E-state index contributed by atoms with van der Waals surface area (Å²) >= 11 is 5.83. The Hall–Kier alpha value is -1.06. The molecule has 1 aromatic carbocycles. The van der Waals surface area contributed by atoms with Crippen molar-refractivity contribution >= 4 is 17.5 Å². The Bertz CT molecular complexity index is 399. The van der Waals surface area contributed by atoms with Gasteiger partial charge in [-0.3, -0.25) is 4.79 Å². The lowest BCUT2D eigenvalue weighted by atomic mass is 10.1. The summed E-state index contributed by atoms with van der Waals surface area (Å²) in [6, 6.07) is 7.90. The van der Waals surface area contributed by atoms with Crippen LogP contribution in [0, 0.1) is 0 Å². The largest absolute Gasteiger partial charge is 0.343 e. The number of hydrogen-bond donors (Lipinski definition) is 1. The van der Waals surface area contributed by atoms with Crippen molar-refractivity contribution in [3.05, 3.63) is 34.9 Å². The van der Waals surface area contributed by atoms with Crippen molar-refractivity contribution in [2.45, 2.75) is 25.7 Å². The third kappa shape index (κ3) is 4.84. The van der Waals surface area contributed by atoms with Crippen LogP contribution in [0.4, 0.5) is 0 Å². The van der Waals surface area contributed by atoms with Crippen LogP contribution in [0.1, 0.15) is 24.8 Å². The normalized spacial score (nSPS) is 14.9. The maximum absolute atomic E-state index is 11.8. The molecule has 1 saturated heterocycles. The van der Waals surface area contributed by atoms with Gasteiger partial charge in [0.25, 0.3) is 0 Å². The second-order valence-electron chi connectivity index (χ2n) is 4.96. The molecule has 104 valence electrons. The van der Waals surface area contributed by atoms with Gasteiger partial charge in [0.1, 0.15) is 0 Å². The third-order valence-electron chi connectivity index (χ3n) is 3.48. The minimum absolute atomic E-state index is 0.288. The molecule has 0 atom stereocenters. The molecule has 0 aliphatic carbocycles. The van der Waals surface area contributed by atoms with Gasteiger partial charge in [-0.05, 0) is 43.5 Å². The highest BCUT2D eigenvalue weighted by atomic mass is 35.5. The molecule has 1 aromatic rings. The molecule has 0 saturated carbocycles. The molecular formula is C15H21ClN2O. The fourth-order valence-electron chi connectivity index (χ4n) is 2.33. The van der Waals surface area contributed by atoms with Crippen molar-refractivity contribution in [1.82, 2.24) is 10.2 Å². The number of rotatable bonds is 6. The highest BCUT2D eigenvalue weighted by Gasteiger charge is 2.16. The van der Waals surface area contributed by atoms with Crippen molar-refractivity contribution < 1.29 is 4.79 Å². The molecule has 1 N–H and O–H groups in total. The standard InChI is InChI=1S/C15H21ClN2O/c16-14-5-3-13(4-6-14)7-9-17-10-8-15(19)18-11-1-2-12-18/h3-6,17H,1-2,7-12H2. The van der Waals surface area contributed by atoms with E-state index in [0.717, 1.165) is 50.5 Å². The average molecular weight is 281 g/mol. The van der Waals surface area contributed by atoms with E-state index in [1.54, 1.807) is 0 Å². The third-order valence-corrected chi connectivity index (χ3v) is 3.73. The van der Waals surface area contributed by atoms with Crippen LogP contribution in [0.2, 0.25) is 5.02 Å². The van der Waals surface area contributed by atoms with Gasteiger partial charge in [-0.2, -0.15) is 0 Å². The molecule has 1 fully saturated rings. The molecule has 0 bridgehead atoms. The van der Waals surface area contributed by atoms with Gasteiger partial charge in [-0.1, -0.05) is 23.7 Å². The predicted molar refractivity (Wildman–Crippen MR) is 78.5 cm³/mol. The lowest BCUT2D eigenvalue weighted by molar-refractivity contribution is -0.130. The first-order chi connectivity index (χ1) is 9.25. The monoisotopic (exact) mass is 280 g/mol. The summed E-state index contributed by atoms with van der Waals surface area (Å²) in [6.45, 7) is 3.56. The van der Waals surface area contributed by atoms with Gasteiger partial charge in [-0.15, -0.1) is 0 Å². The number of halogens is 1. The topological polar surface area (TPSA) is 32.3 Å². The van der Waals surface area contributed by atoms with E-state index in [2.05, 4.69) is 5.32 Å². The van der Waals surface area contributed by atoms with E-state index in [4.69, 9.17) is 11.6 Å². The molecule has 4 heteroatoms. The highest BCUT2D eigenvalue weighted by molar-refractivity contribution is 6.30. The number of amides is 1. The number of hydrogen-bond acceptors (Lipinski definition) is 2. The molecular weight excluding hydrogens is 260 g/mol. The molecule has 0 aromatic heterocycles. The summed E-state index contributed by atoms with van der Waals surface area (Å²) in [5.74, 6) is 0.288. The Kier molecular flexibility index (Phi) is 5.67. The number of nitrogens with one attached hydrogen (secondary N) is 1. The van der Waals surface area contributed by atoms with E-state index in [9.17, 15) is 4.79 Å². The van der Waals surface area contributed by atoms with Crippen LogP contribution in [0.15, 0.2) is 24.3 Å². The highest BCUT2D eigenvalue weighted by Crippen LogP contribution is 2.10. The minimum Gasteiger partial charge on any atom is -0.343 e. The quantitative estimate of drug-likeness (QED) is 0.812. The Morgan fingerprint density at radius 1 is 1.16 bits per heavy atom. The summed E-state index contributed by atoms with van der Waals surface area (Å²) in [5, 5.41) is 4.09. The molecule has 19 heavy (non-hydrogen) atoms. The predicted octanol–water partition coefficient (Wildman–Crippen LogP) is 2.48. The maximum Gasteiger partial charge on any atom is 0.223 e. The number of likely N-dealkylation sites (tertiary alicyclic amines) is 1. The summed E-state index contributed by atoms with van der Waals surface area (Å²) in [6.07, 6.45) is 3.90. The fraction of sp³-hybridized carbons (Fsp3) is 0.533. The van der Waals surface area contributed by atoms with E-state index in [1.807, 2.05) is 29.2 Å². The van der Waals surface area contributed by atoms with Crippen LogP contribution >= 0.6 is 11.6 Å². The van der Waals surface area contributed by atoms with Gasteiger partial charge in [0, 0.05) is 31.1 Å². The second kappa shape index (κ2) is 7.51. The molecule has 0 unspecified atom stereocenters. The first kappa shape index (κ1) is 14.4. The summed E-state index contributed by atoms with van der Waals surface area (Å²) in [4.78, 5) is 13.8. The fourth-order valence-corrected chi connectivity index (χ4v) is 2.45. The zero-order valence-electron chi connectivity index (χ0n) is 11.2. The van der Waals surface area contributed by atoms with Crippen LogP contribution in [-0.2, 0) is 11.2 Å². The number of carbonyl (C=O) groups is 1. The molecule has 1 amide bonds. The minimum atomic E-state index is 0.288. The first-order valence-electron chi connectivity index (χ1n) is 6.98. The van der Waals surface area contributed by atoms with Crippen LogP contribution < -0.4 is 5.32 Å². The summed E-state index contributed by atoms with van der Waals surface area (Å²) < 4.78 is 0. The Morgan fingerprint density at radius 3 is 2.53 bits per heavy atom. The molecule has 0 spiro atoms. The van der Waals surface area contributed by atoms with Gasteiger partial charge >= 0.3 is 0 Å². The van der Waals surface area contributed by atoms with Crippen LogP contribution in [0.25, 0.3) is 0 Å². The zero-order valence-corrected chi connectivity index (χ0v) is 12.0. The molecule has 0 radical (unpaired) electrons. The van der Waals surface area contributed by atoms with Crippen LogP contribution in [0.3, 0.4) is 0 Å². The first-order valence-corrected chi connectivity index (χ1v) is 7.36. The van der Waals surface area contributed by atoms with Crippen molar-refractivity contribution in [2.24, 2.45) is 0 Å². The van der Waals surface area contributed by atoms with Crippen molar-refractivity contribution in [2.75, 3.05) is 26.2 Å². The lowest BCUT2D eigenvalue weighted by Crippen LogP contribution is -2.31. The van der Waals surface area contributed by atoms with E-state index in [0.29, 0.717) is 6.42 Å². The molecule has 1 aliphatic rings. The van der Waals surface area contributed by atoms with E-state index in [1.165, 1.54) is 5.56 Å². The zero-order chi connectivity index (χ0) is 13.5. The SMILES string of the molecule is O=C(CCNCCc1ccc(Cl)cc1)N1CCCC1. The Morgan fingerprint density at radius 2 is 1.84 bits per heavy atom. The maximum atomic E-state index is 11.8. The Labute approximate surface area is 119 Å². The average Bonchev–Trinajstić information content (AvgIpc) is 2.94. The van der Waals surface area contributed by atoms with Gasteiger partial charge < -0.3 is 10.2 Å². The van der Waals surface area contributed by atoms with Gasteiger partial charge in [0.15, 0.2) is 0 Å².